The minimum absolute atomic E-state index is 0.169. The summed E-state index contributed by atoms with van der Waals surface area (Å²) in [6.45, 7) is 5.02. The van der Waals surface area contributed by atoms with Crippen LogP contribution in [0.1, 0.15) is 25.8 Å². The smallest absolute Gasteiger partial charge is 0.148 e. The molecule has 19 heavy (non-hydrogen) atoms. The third kappa shape index (κ3) is 5.78. The van der Waals surface area contributed by atoms with Gasteiger partial charge in [0.05, 0.1) is 5.75 Å². The first-order valence-corrected chi connectivity index (χ1v) is 9.40. The fourth-order valence-electron chi connectivity index (χ4n) is 1.52. The van der Waals surface area contributed by atoms with Gasteiger partial charge >= 0.3 is 0 Å². The van der Waals surface area contributed by atoms with Crippen LogP contribution in [0.3, 0.4) is 0 Å². The Balaban J connectivity index is 2.76. The monoisotopic (exact) mass is 303 g/mol. The molecule has 0 radical (unpaired) electrons. The van der Waals surface area contributed by atoms with Gasteiger partial charge in [0.1, 0.15) is 27.0 Å². The molecule has 0 spiro atoms. The molecule has 0 aliphatic heterocycles. The van der Waals surface area contributed by atoms with Crippen molar-refractivity contribution in [2.24, 2.45) is 0 Å². The van der Waals surface area contributed by atoms with E-state index in [1.54, 1.807) is 0 Å². The average molecular weight is 303 g/mol. The highest BCUT2D eigenvalue weighted by Gasteiger charge is 2.11. The predicted octanol–water partition coefficient (Wildman–Crippen LogP) is 2.00. The van der Waals surface area contributed by atoms with Gasteiger partial charge in [0, 0.05) is 24.1 Å². The molecule has 0 atom stereocenters. The number of nitrogens with zero attached hydrogens (tertiary/aromatic N) is 2. The fraction of sp³-hybridized carbons (Fsp3) is 0.667. The maximum absolute atomic E-state index is 11.1. The summed E-state index contributed by atoms with van der Waals surface area (Å²) in [5.41, 5.74) is 1.06. The van der Waals surface area contributed by atoms with E-state index in [4.69, 9.17) is 0 Å². The van der Waals surface area contributed by atoms with Gasteiger partial charge in [0.25, 0.3) is 0 Å². The zero-order valence-corrected chi connectivity index (χ0v) is 13.3. The van der Waals surface area contributed by atoms with Gasteiger partial charge in [-0.05, 0) is 12.8 Å². The highest BCUT2D eigenvalue weighted by atomic mass is 32.2. The second-order valence-electron chi connectivity index (χ2n) is 4.26. The summed E-state index contributed by atoms with van der Waals surface area (Å²) in [4.78, 5) is 8.51. The van der Waals surface area contributed by atoms with E-state index in [2.05, 4.69) is 29.1 Å². The van der Waals surface area contributed by atoms with Crippen molar-refractivity contribution >= 4 is 27.4 Å². The Morgan fingerprint density at radius 3 is 2.63 bits per heavy atom. The van der Waals surface area contributed by atoms with Crippen molar-refractivity contribution in [2.75, 3.05) is 29.6 Å². The first kappa shape index (κ1) is 16.2. The minimum atomic E-state index is -2.92. The first-order valence-electron chi connectivity index (χ1n) is 6.36. The molecule has 0 aromatic carbocycles. The number of sulfone groups is 1. The van der Waals surface area contributed by atoms with Crippen LogP contribution in [0, 0.1) is 0 Å². The van der Waals surface area contributed by atoms with E-state index in [9.17, 15) is 8.42 Å². The molecule has 1 rings (SSSR count). The molecule has 0 aliphatic rings. The van der Waals surface area contributed by atoms with Gasteiger partial charge in [0.15, 0.2) is 0 Å². The van der Waals surface area contributed by atoms with Gasteiger partial charge < -0.3 is 5.32 Å². The van der Waals surface area contributed by atoms with Gasteiger partial charge in [-0.3, -0.25) is 0 Å². The van der Waals surface area contributed by atoms with Gasteiger partial charge in [-0.15, -0.1) is 11.8 Å². The molecule has 0 saturated carbocycles. The number of hydrogen-bond donors (Lipinski definition) is 1. The summed E-state index contributed by atoms with van der Waals surface area (Å²) < 4.78 is 22.3. The van der Waals surface area contributed by atoms with Crippen LogP contribution in [-0.4, -0.2) is 42.7 Å². The highest BCUT2D eigenvalue weighted by molar-refractivity contribution is 8.00. The molecule has 1 aromatic rings. The molecule has 0 fully saturated rings. The molecule has 1 heterocycles. The van der Waals surface area contributed by atoms with Crippen LogP contribution in [0.4, 0.5) is 5.82 Å². The molecule has 108 valence electrons. The van der Waals surface area contributed by atoms with Crippen molar-refractivity contribution in [3.8, 4) is 0 Å². The van der Waals surface area contributed by atoms with E-state index in [1.807, 2.05) is 0 Å². The Labute approximate surface area is 119 Å². The summed E-state index contributed by atoms with van der Waals surface area (Å²) >= 11 is 1.48. The van der Waals surface area contributed by atoms with Crippen LogP contribution in [0.15, 0.2) is 11.4 Å². The summed E-state index contributed by atoms with van der Waals surface area (Å²) in [5.74, 6) is 1.56. The van der Waals surface area contributed by atoms with Gasteiger partial charge in [0.2, 0.25) is 0 Å². The van der Waals surface area contributed by atoms with E-state index in [-0.39, 0.29) is 5.75 Å². The van der Waals surface area contributed by atoms with Crippen molar-refractivity contribution < 1.29 is 8.42 Å². The largest absolute Gasteiger partial charge is 0.370 e. The molecule has 5 nitrogen and oxygen atoms in total. The van der Waals surface area contributed by atoms with E-state index >= 15 is 0 Å². The lowest BCUT2D eigenvalue weighted by molar-refractivity contribution is 0.603. The summed E-state index contributed by atoms with van der Waals surface area (Å²) in [6.07, 6.45) is 4.64. The van der Waals surface area contributed by atoms with Crippen molar-refractivity contribution in [3.05, 3.63) is 11.9 Å². The lowest BCUT2D eigenvalue weighted by atomic mass is 10.2. The molecule has 0 saturated heterocycles. The van der Waals surface area contributed by atoms with Crippen LogP contribution < -0.4 is 5.32 Å². The zero-order chi connectivity index (χ0) is 14.3. The Morgan fingerprint density at radius 1 is 1.32 bits per heavy atom. The van der Waals surface area contributed by atoms with Crippen LogP contribution in [0.25, 0.3) is 0 Å². The first-order chi connectivity index (χ1) is 8.98. The predicted molar refractivity (Wildman–Crippen MR) is 80.6 cm³/mol. The SMILES string of the molecule is CCCNc1ncnc(SCCS(C)(=O)=O)c1CC. The number of hydrogen-bond acceptors (Lipinski definition) is 6. The van der Waals surface area contributed by atoms with Crippen molar-refractivity contribution in [3.63, 3.8) is 0 Å². The number of anilines is 1. The zero-order valence-electron chi connectivity index (χ0n) is 11.6. The second-order valence-corrected chi connectivity index (χ2v) is 7.61. The molecule has 7 heteroatoms. The second kappa shape index (κ2) is 7.69. The lowest BCUT2D eigenvalue weighted by Gasteiger charge is -2.12. The summed E-state index contributed by atoms with van der Waals surface area (Å²) in [5, 5.41) is 4.15. The number of aromatic nitrogens is 2. The van der Waals surface area contributed by atoms with E-state index in [0.717, 1.165) is 35.8 Å². The number of thioether (sulfide) groups is 1. The molecular formula is C12H21N3O2S2. The molecule has 0 bridgehead atoms. The lowest BCUT2D eigenvalue weighted by Crippen LogP contribution is -2.08. The van der Waals surface area contributed by atoms with E-state index < -0.39 is 9.84 Å². The van der Waals surface area contributed by atoms with Crippen molar-refractivity contribution in [1.82, 2.24) is 9.97 Å². The number of nitrogens with one attached hydrogen (secondary N) is 1. The topological polar surface area (TPSA) is 72.0 Å². The van der Waals surface area contributed by atoms with E-state index in [1.165, 1.54) is 24.3 Å². The average Bonchev–Trinajstić information content (AvgIpc) is 2.34. The Hall–Kier alpha value is -0.820. The Kier molecular flexibility index (Phi) is 6.57. The standard InChI is InChI=1S/C12H21N3O2S2/c1-4-6-13-11-10(5-2)12(15-9-14-11)18-7-8-19(3,16)17/h9H,4-8H2,1-3H3,(H,13,14,15). The van der Waals surface area contributed by atoms with Gasteiger partial charge in [-0.25, -0.2) is 18.4 Å². The third-order valence-corrected chi connectivity index (χ3v) is 4.73. The molecule has 1 aromatic heterocycles. The molecule has 0 amide bonds. The fourth-order valence-corrected chi connectivity index (χ4v) is 3.80. The normalized spacial score (nSPS) is 11.5. The molecule has 0 unspecified atom stereocenters. The maximum Gasteiger partial charge on any atom is 0.148 e. The Bertz CT molecular complexity index is 504. The third-order valence-electron chi connectivity index (χ3n) is 2.49. The molecule has 1 N–H and O–H groups in total. The molecular weight excluding hydrogens is 282 g/mol. The highest BCUT2D eigenvalue weighted by Crippen LogP contribution is 2.25. The Morgan fingerprint density at radius 2 is 2.05 bits per heavy atom. The molecule has 0 aliphatic carbocycles. The van der Waals surface area contributed by atoms with Gasteiger partial charge in [-0.2, -0.15) is 0 Å². The van der Waals surface area contributed by atoms with E-state index in [0.29, 0.717) is 5.75 Å². The van der Waals surface area contributed by atoms with Crippen LogP contribution in [0.2, 0.25) is 0 Å². The minimum Gasteiger partial charge on any atom is -0.370 e. The van der Waals surface area contributed by atoms with Gasteiger partial charge in [-0.1, -0.05) is 13.8 Å². The quantitative estimate of drug-likeness (QED) is 0.585. The van der Waals surface area contributed by atoms with Crippen LogP contribution >= 0.6 is 11.8 Å². The van der Waals surface area contributed by atoms with Crippen LogP contribution in [0.5, 0.6) is 0 Å². The summed E-state index contributed by atoms with van der Waals surface area (Å²) in [7, 11) is -2.92. The maximum atomic E-state index is 11.1. The summed E-state index contributed by atoms with van der Waals surface area (Å²) in [6, 6.07) is 0. The van der Waals surface area contributed by atoms with Crippen LogP contribution in [-0.2, 0) is 16.3 Å². The van der Waals surface area contributed by atoms with Crippen molar-refractivity contribution in [1.29, 1.82) is 0 Å². The number of rotatable bonds is 8. The van der Waals surface area contributed by atoms with Crippen molar-refractivity contribution in [2.45, 2.75) is 31.7 Å².